The van der Waals surface area contributed by atoms with Crippen molar-refractivity contribution in [3.63, 3.8) is 0 Å². The van der Waals surface area contributed by atoms with Gasteiger partial charge in [0.05, 0.1) is 12.4 Å². The van der Waals surface area contributed by atoms with E-state index in [1.165, 1.54) is 25.7 Å². The van der Waals surface area contributed by atoms with E-state index >= 15 is 0 Å². The van der Waals surface area contributed by atoms with E-state index in [4.69, 9.17) is 13.7 Å². The van der Waals surface area contributed by atoms with Crippen LogP contribution in [0.5, 0.6) is 0 Å². The lowest BCUT2D eigenvalue weighted by atomic mass is 10.0. The molecule has 0 saturated carbocycles. The van der Waals surface area contributed by atoms with Crippen molar-refractivity contribution in [2.24, 2.45) is 0 Å². The molecule has 0 aliphatic heterocycles. The molecular weight excluding hydrogens is 304 g/mol. The van der Waals surface area contributed by atoms with E-state index in [0.717, 1.165) is 51.4 Å². The van der Waals surface area contributed by atoms with Crippen molar-refractivity contribution in [3.8, 4) is 0 Å². The maximum absolute atomic E-state index is 11.2. The Kier molecular flexibility index (Phi) is 14.3. The predicted molar refractivity (Wildman–Crippen MR) is 89.4 cm³/mol. The quantitative estimate of drug-likeness (QED) is 0.243. The van der Waals surface area contributed by atoms with Crippen LogP contribution < -0.4 is 0 Å². The van der Waals surface area contributed by atoms with Gasteiger partial charge in [0.15, 0.2) is 0 Å². The summed E-state index contributed by atoms with van der Waals surface area (Å²) in [5, 5.41) is 0. The lowest BCUT2D eigenvalue weighted by Crippen LogP contribution is -2.17. The first-order chi connectivity index (χ1) is 10.5. The second-order valence-corrected chi connectivity index (χ2v) is 7.39. The van der Waals surface area contributed by atoms with E-state index in [1.807, 2.05) is 0 Å². The summed E-state index contributed by atoms with van der Waals surface area (Å²) in [6.07, 6.45) is 11.7. The Hall–Kier alpha value is -0.170. The van der Waals surface area contributed by atoms with Crippen LogP contribution in [0.4, 0.5) is 0 Å². The molecule has 134 valence electrons. The van der Waals surface area contributed by atoms with Gasteiger partial charge in [-0.25, -0.2) is 0 Å². The number of hydrogen-bond donors (Lipinski definition) is 0. The molecule has 0 radical (unpaired) electrons. The average Bonchev–Trinajstić information content (AvgIpc) is 2.43. The zero-order valence-corrected chi connectivity index (χ0v) is 15.3. The highest BCUT2D eigenvalue weighted by Gasteiger charge is 2.14. The van der Waals surface area contributed by atoms with Crippen LogP contribution in [0.25, 0.3) is 0 Å². The first kappa shape index (κ1) is 21.8. The second kappa shape index (κ2) is 14.4. The fourth-order valence-corrected chi connectivity index (χ4v) is 3.10. The Morgan fingerprint density at radius 1 is 0.909 bits per heavy atom. The predicted octanol–water partition coefficient (Wildman–Crippen LogP) is 3.87. The average molecular weight is 339 g/mol. The van der Waals surface area contributed by atoms with Gasteiger partial charge in [0.1, 0.15) is 6.79 Å². The van der Waals surface area contributed by atoms with Crippen LogP contribution in [0, 0.1) is 0 Å². The third-order valence-electron chi connectivity index (χ3n) is 3.44. The first-order valence-corrected chi connectivity index (χ1v) is 10.3. The maximum atomic E-state index is 11.2. The third kappa shape index (κ3) is 16.2. The molecule has 0 aliphatic rings. The van der Waals surface area contributed by atoms with Crippen LogP contribution in [-0.2, 0) is 23.8 Å². The van der Waals surface area contributed by atoms with Gasteiger partial charge in [0, 0.05) is 13.7 Å². The van der Waals surface area contributed by atoms with E-state index in [0.29, 0.717) is 6.79 Å². The van der Waals surface area contributed by atoms with Crippen LogP contribution >= 0.6 is 0 Å². The van der Waals surface area contributed by atoms with E-state index in [9.17, 15) is 8.42 Å². The SMILES string of the molecule is CCC[C@@H](CCCCCCCCCOCOC)OS(C)(=O)=O. The summed E-state index contributed by atoms with van der Waals surface area (Å²) in [6, 6.07) is 0. The number of hydrogen-bond acceptors (Lipinski definition) is 5. The summed E-state index contributed by atoms with van der Waals surface area (Å²) in [5.74, 6) is 0. The molecule has 0 saturated heterocycles. The molecule has 22 heavy (non-hydrogen) atoms. The molecule has 0 heterocycles. The molecule has 0 N–H and O–H groups in total. The van der Waals surface area contributed by atoms with E-state index < -0.39 is 10.1 Å². The molecule has 6 heteroatoms. The molecule has 0 aromatic rings. The van der Waals surface area contributed by atoms with Crippen molar-refractivity contribution in [1.82, 2.24) is 0 Å². The van der Waals surface area contributed by atoms with Crippen LogP contribution in [0.15, 0.2) is 0 Å². The highest BCUT2D eigenvalue weighted by atomic mass is 32.2. The van der Waals surface area contributed by atoms with E-state index in [1.54, 1.807) is 7.11 Å². The van der Waals surface area contributed by atoms with Crippen LogP contribution in [0.2, 0.25) is 0 Å². The Bertz CT molecular complexity index is 329. The molecule has 0 amide bonds. The topological polar surface area (TPSA) is 61.8 Å². The monoisotopic (exact) mass is 338 g/mol. The minimum atomic E-state index is -3.33. The minimum absolute atomic E-state index is 0.141. The minimum Gasteiger partial charge on any atom is -0.359 e. The van der Waals surface area contributed by atoms with Gasteiger partial charge < -0.3 is 9.47 Å². The second-order valence-electron chi connectivity index (χ2n) is 5.79. The van der Waals surface area contributed by atoms with Gasteiger partial charge in [-0.05, 0) is 19.3 Å². The van der Waals surface area contributed by atoms with Gasteiger partial charge >= 0.3 is 0 Å². The van der Waals surface area contributed by atoms with Gasteiger partial charge in [-0.3, -0.25) is 4.18 Å². The molecule has 0 aromatic carbocycles. The molecule has 0 spiro atoms. The van der Waals surface area contributed by atoms with Crippen molar-refractivity contribution >= 4 is 10.1 Å². The van der Waals surface area contributed by atoms with Gasteiger partial charge in [-0.2, -0.15) is 8.42 Å². The van der Waals surface area contributed by atoms with E-state index in [-0.39, 0.29) is 6.10 Å². The summed E-state index contributed by atoms with van der Waals surface area (Å²) >= 11 is 0. The Morgan fingerprint density at radius 2 is 1.50 bits per heavy atom. The molecule has 5 nitrogen and oxygen atoms in total. The van der Waals surface area contributed by atoms with Gasteiger partial charge in [-0.15, -0.1) is 0 Å². The fourth-order valence-electron chi connectivity index (χ4n) is 2.41. The Balaban J connectivity index is 3.46. The summed E-state index contributed by atoms with van der Waals surface area (Å²) in [4.78, 5) is 0. The number of ether oxygens (including phenoxy) is 2. The fraction of sp³-hybridized carbons (Fsp3) is 1.00. The summed E-state index contributed by atoms with van der Waals surface area (Å²) < 4.78 is 37.5. The number of methoxy groups -OCH3 is 1. The summed E-state index contributed by atoms with van der Waals surface area (Å²) in [5.41, 5.74) is 0. The maximum Gasteiger partial charge on any atom is 0.264 e. The Morgan fingerprint density at radius 3 is 2.05 bits per heavy atom. The zero-order chi connectivity index (χ0) is 16.7. The molecule has 0 bridgehead atoms. The smallest absolute Gasteiger partial charge is 0.264 e. The van der Waals surface area contributed by atoms with Crippen molar-refractivity contribution in [2.45, 2.75) is 77.2 Å². The van der Waals surface area contributed by atoms with Crippen molar-refractivity contribution in [3.05, 3.63) is 0 Å². The van der Waals surface area contributed by atoms with E-state index in [2.05, 4.69) is 6.92 Å². The van der Waals surface area contributed by atoms with Crippen LogP contribution in [-0.4, -0.2) is 41.3 Å². The van der Waals surface area contributed by atoms with Crippen LogP contribution in [0.3, 0.4) is 0 Å². The van der Waals surface area contributed by atoms with Gasteiger partial charge in [0.25, 0.3) is 10.1 Å². The summed E-state index contributed by atoms with van der Waals surface area (Å²) in [6.45, 7) is 3.21. The normalized spacial score (nSPS) is 13.4. The largest absolute Gasteiger partial charge is 0.359 e. The molecular formula is C16H34O5S. The lowest BCUT2D eigenvalue weighted by Gasteiger charge is -2.15. The lowest BCUT2D eigenvalue weighted by molar-refractivity contribution is -0.0315. The first-order valence-electron chi connectivity index (χ1n) is 8.44. The van der Waals surface area contributed by atoms with Crippen molar-refractivity contribution in [1.29, 1.82) is 0 Å². The summed E-state index contributed by atoms with van der Waals surface area (Å²) in [7, 11) is -1.70. The highest BCUT2D eigenvalue weighted by Crippen LogP contribution is 2.15. The zero-order valence-electron chi connectivity index (χ0n) is 14.5. The standard InChI is InChI=1S/C16H34O5S/c1-4-12-16(21-22(3,17)18)13-10-8-6-5-7-9-11-14-20-15-19-2/h16H,4-15H2,1-3H3/t16-/m0/s1. The van der Waals surface area contributed by atoms with Gasteiger partial charge in [-0.1, -0.05) is 51.9 Å². The number of unbranched alkanes of at least 4 members (excludes halogenated alkanes) is 6. The molecule has 0 rings (SSSR count). The Labute approximate surface area is 136 Å². The van der Waals surface area contributed by atoms with Crippen molar-refractivity contribution in [2.75, 3.05) is 26.8 Å². The molecule has 0 aliphatic carbocycles. The molecule has 0 unspecified atom stereocenters. The third-order valence-corrected chi connectivity index (χ3v) is 4.06. The van der Waals surface area contributed by atoms with Crippen LogP contribution in [0.1, 0.15) is 71.1 Å². The number of rotatable bonds is 16. The molecule has 0 aromatic heterocycles. The van der Waals surface area contributed by atoms with Crippen molar-refractivity contribution < 1.29 is 22.1 Å². The van der Waals surface area contributed by atoms with Gasteiger partial charge in [0.2, 0.25) is 0 Å². The molecule has 1 atom stereocenters. The molecule has 0 fully saturated rings. The highest BCUT2D eigenvalue weighted by molar-refractivity contribution is 7.86.